The van der Waals surface area contributed by atoms with Gasteiger partial charge in [-0.1, -0.05) is 17.7 Å². The Kier molecular flexibility index (Phi) is 5.08. The average Bonchev–Trinajstić information content (AvgIpc) is 2.58. The van der Waals surface area contributed by atoms with Crippen LogP contribution in [0.2, 0.25) is 5.02 Å². The molecule has 2 aromatic carbocycles. The van der Waals surface area contributed by atoms with Crippen molar-refractivity contribution < 1.29 is 13.6 Å². The minimum Gasteiger partial charge on any atom is -0.363 e. The fourth-order valence-electron chi connectivity index (χ4n) is 2.89. The van der Waals surface area contributed by atoms with Crippen LogP contribution >= 0.6 is 11.6 Å². The van der Waals surface area contributed by atoms with Gasteiger partial charge in [0.1, 0.15) is 17.3 Å². The molecule has 2 aromatic rings. The standard InChI is InChI=1S/C18H18ClF2N3O/c1-12-11-13(19)5-6-16(12)22-18(25)24-9-7-23(8-10-24)17-14(20)3-2-4-15(17)21/h2-6,11H,7-10H2,1H3,(H,22,25). The summed E-state index contributed by atoms with van der Waals surface area (Å²) in [5, 5.41) is 3.45. The van der Waals surface area contributed by atoms with E-state index in [0.29, 0.717) is 36.9 Å². The zero-order chi connectivity index (χ0) is 18.0. The molecule has 1 fully saturated rings. The molecule has 0 spiro atoms. The van der Waals surface area contributed by atoms with Crippen LogP contribution in [0.3, 0.4) is 0 Å². The third-order valence-electron chi connectivity index (χ3n) is 4.25. The van der Waals surface area contributed by atoms with Crippen LogP contribution < -0.4 is 10.2 Å². The molecular weight excluding hydrogens is 348 g/mol. The molecule has 0 radical (unpaired) electrons. The molecule has 1 saturated heterocycles. The first-order valence-electron chi connectivity index (χ1n) is 7.97. The molecule has 0 unspecified atom stereocenters. The molecule has 0 bridgehead atoms. The van der Waals surface area contributed by atoms with Crippen molar-refractivity contribution in [3.8, 4) is 0 Å². The van der Waals surface area contributed by atoms with E-state index >= 15 is 0 Å². The number of urea groups is 1. The molecule has 1 heterocycles. The van der Waals surface area contributed by atoms with Crippen LogP contribution in [0.5, 0.6) is 0 Å². The zero-order valence-electron chi connectivity index (χ0n) is 13.7. The Labute approximate surface area is 150 Å². The summed E-state index contributed by atoms with van der Waals surface area (Å²) in [6.45, 7) is 3.36. The Morgan fingerprint density at radius 1 is 1.08 bits per heavy atom. The van der Waals surface area contributed by atoms with Gasteiger partial charge in [-0.2, -0.15) is 0 Å². The second kappa shape index (κ2) is 7.27. The second-order valence-electron chi connectivity index (χ2n) is 5.93. The van der Waals surface area contributed by atoms with E-state index in [2.05, 4.69) is 5.32 Å². The molecule has 7 heteroatoms. The van der Waals surface area contributed by atoms with Crippen LogP contribution in [-0.2, 0) is 0 Å². The summed E-state index contributed by atoms with van der Waals surface area (Å²) in [6.07, 6.45) is 0. The highest BCUT2D eigenvalue weighted by atomic mass is 35.5. The van der Waals surface area contributed by atoms with E-state index in [0.717, 1.165) is 5.56 Å². The van der Waals surface area contributed by atoms with E-state index in [4.69, 9.17) is 11.6 Å². The number of hydrogen-bond donors (Lipinski definition) is 1. The maximum Gasteiger partial charge on any atom is 0.321 e. The number of halogens is 3. The number of aryl methyl sites for hydroxylation is 1. The van der Waals surface area contributed by atoms with Crippen LogP contribution in [0.1, 0.15) is 5.56 Å². The predicted molar refractivity (Wildman–Crippen MR) is 95.4 cm³/mol. The van der Waals surface area contributed by atoms with E-state index in [1.54, 1.807) is 28.0 Å². The van der Waals surface area contributed by atoms with Crippen molar-refractivity contribution in [2.75, 3.05) is 36.4 Å². The number of amides is 2. The normalized spacial score (nSPS) is 14.6. The molecule has 1 N–H and O–H groups in total. The Balaban J connectivity index is 1.63. The molecule has 0 saturated carbocycles. The number of nitrogens with one attached hydrogen (secondary N) is 1. The van der Waals surface area contributed by atoms with Crippen molar-refractivity contribution in [3.05, 3.63) is 58.6 Å². The number of benzene rings is 2. The van der Waals surface area contributed by atoms with Gasteiger partial charge in [-0.05, 0) is 42.8 Å². The Bertz CT molecular complexity index is 772. The van der Waals surface area contributed by atoms with Crippen LogP contribution in [0, 0.1) is 18.6 Å². The van der Waals surface area contributed by atoms with E-state index in [1.165, 1.54) is 18.2 Å². The van der Waals surface area contributed by atoms with Gasteiger partial charge in [-0.15, -0.1) is 0 Å². The summed E-state index contributed by atoms with van der Waals surface area (Å²) in [6, 6.07) is 8.81. The lowest BCUT2D eigenvalue weighted by molar-refractivity contribution is 0.208. The third kappa shape index (κ3) is 3.85. The van der Waals surface area contributed by atoms with Crippen molar-refractivity contribution in [2.45, 2.75) is 6.92 Å². The monoisotopic (exact) mass is 365 g/mol. The minimum absolute atomic E-state index is 0.0314. The van der Waals surface area contributed by atoms with Crippen LogP contribution in [0.15, 0.2) is 36.4 Å². The van der Waals surface area contributed by atoms with Crippen molar-refractivity contribution in [2.24, 2.45) is 0 Å². The quantitative estimate of drug-likeness (QED) is 0.862. The Morgan fingerprint density at radius 2 is 1.72 bits per heavy atom. The topological polar surface area (TPSA) is 35.6 Å². The summed E-state index contributed by atoms with van der Waals surface area (Å²) in [7, 11) is 0. The summed E-state index contributed by atoms with van der Waals surface area (Å²) in [4.78, 5) is 15.7. The first kappa shape index (κ1) is 17.5. The summed E-state index contributed by atoms with van der Waals surface area (Å²) >= 11 is 5.91. The number of nitrogens with zero attached hydrogens (tertiary/aromatic N) is 2. The van der Waals surface area contributed by atoms with Gasteiger partial charge in [0, 0.05) is 36.9 Å². The molecule has 2 amide bonds. The SMILES string of the molecule is Cc1cc(Cl)ccc1NC(=O)N1CCN(c2c(F)cccc2F)CC1. The fourth-order valence-corrected chi connectivity index (χ4v) is 3.11. The highest BCUT2D eigenvalue weighted by Crippen LogP contribution is 2.25. The largest absolute Gasteiger partial charge is 0.363 e. The molecule has 0 atom stereocenters. The average molecular weight is 366 g/mol. The zero-order valence-corrected chi connectivity index (χ0v) is 14.5. The van der Waals surface area contributed by atoms with E-state index in [9.17, 15) is 13.6 Å². The highest BCUT2D eigenvalue weighted by Gasteiger charge is 2.25. The Hall–Kier alpha value is -2.34. The minimum atomic E-state index is -0.588. The molecule has 0 aromatic heterocycles. The lowest BCUT2D eigenvalue weighted by Crippen LogP contribution is -2.50. The van der Waals surface area contributed by atoms with Crippen LogP contribution in [-0.4, -0.2) is 37.1 Å². The van der Waals surface area contributed by atoms with Gasteiger partial charge < -0.3 is 15.1 Å². The molecular formula is C18H18ClF2N3O. The number of hydrogen-bond acceptors (Lipinski definition) is 2. The van der Waals surface area contributed by atoms with Crippen molar-refractivity contribution in [1.82, 2.24) is 4.90 Å². The van der Waals surface area contributed by atoms with Gasteiger partial charge in [-0.25, -0.2) is 13.6 Å². The van der Waals surface area contributed by atoms with Gasteiger partial charge in [0.15, 0.2) is 0 Å². The van der Waals surface area contributed by atoms with Crippen LogP contribution in [0.25, 0.3) is 0 Å². The van der Waals surface area contributed by atoms with Crippen molar-refractivity contribution in [1.29, 1.82) is 0 Å². The lowest BCUT2D eigenvalue weighted by atomic mass is 10.2. The van der Waals surface area contributed by atoms with Gasteiger partial charge >= 0.3 is 6.03 Å². The summed E-state index contributed by atoms with van der Waals surface area (Å²) < 4.78 is 27.7. The van der Waals surface area contributed by atoms with E-state index in [1.807, 2.05) is 6.92 Å². The summed E-state index contributed by atoms with van der Waals surface area (Å²) in [5.74, 6) is -1.18. The number of anilines is 2. The second-order valence-corrected chi connectivity index (χ2v) is 6.37. The Morgan fingerprint density at radius 3 is 2.32 bits per heavy atom. The van der Waals surface area contributed by atoms with Gasteiger partial charge in [0.2, 0.25) is 0 Å². The first-order valence-corrected chi connectivity index (χ1v) is 8.34. The lowest BCUT2D eigenvalue weighted by Gasteiger charge is -2.36. The molecule has 3 rings (SSSR count). The number of carbonyl (C=O) groups excluding carboxylic acids is 1. The summed E-state index contributed by atoms with van der Waals surface area (Å²) in [5.41, 5.74) is 1.53. The maximum absolute atomic E-state index is 13.9. The van der Waals surface area contributed by atoms with E-state index < -0.39 is 11.6 Å². The van der Waals surface area contributed by atoms with Crippen molar-refractivity contribution in [3.63, 3.8) is 0 Å². The maximum atomic E-state index is 13.9. The van der Waals surface area contributed by atoms with E-state index in [-0.39, 0.29) is 11.7 Å². The number of para-hydroxylation sites is 1. The number of carbonyl (C=O) groups is 1. The van der Waals surface area contributed by atoms with Crippen LogP contribution in [0.4, 0.5) is 25.0 Å². The number of piperazine rings is 1. The molecule has 0 aliphatic carbocycles. The molecule has 25 heavy (non-hydrogen) atoms. The fraction of sp³-hybridized carbons (Fsp3) is 0.278. The van der Waals surface area contributed by atoms with Gasteiger partial charge in [0.05, 0.1) is 0 Å². The predicted octanol–water partition coefficient (Wildman–Crippen LogP) is 4.28. The number of rotatable bonds is 2. The first-order chi connectivity index (χ1) is 12.0. The molecule has 1 aliphatic rings. The van der Waals surface area contributed by atoms with Gasteiger partial charge in [0.25, 0.3) is 0 Å². The smallest absolute Gasteiger partial charge is 0.321 e. The van der Waals surface area contributed by atoms with Crippen molar-refractivity contribution >= 4 is 29.0 Å². The highest BCUT2D eigenvalue weighted by molar-refractivity contribution is 6.30. The molecule has 1 aliphatic heterocycles. The third-order valence-corrected chi connectivity index (χ3v) is 4.49. The molecule has 4 nitrogen and oxygen atoms in total. The van der Waals surface area contributed by atoms with Gasteiger partial charge in [-0.3, -0.25) is 0 Å². The molecule has 132 valence electrons.